The highest BCUT2D eigenvalue weighted by Gasteiger charge is 2.35. The van der Waals surface area contributed by atoms with Gasteiger partial charge in [0.2, 0.25) is 0 Å². The molecule has 0 aliphatic heterocycles. The number of benzene rings is 8. The summed E-state index contributed by atoms with van der Waals surface area (Å²) in [7, 11) is 0. The Morgan fingerprint density at radius 1 is 0.444 bits per heavy atom. The Hall–Kier alpha value is -6.42. The molecule has 3 heteroatoms. The molecule has 0 fully saturated rings. The van der Waals surface area contributed by atoms with Crippen molar-refractivity contribution in [1.82, 2.24) is 4.57 Å². The van der Waals surface area contributed by atoms with Crippen molar-refractivity contribution in [3.8, 4) is 39.1 Å². The molecule has 12 rings (SSSR count). The fourth-order valence-corrected chi connectivity index (χ4v) is 10.6. The Labute approximate surface area is 316 Å². The third-order valence-corrected chi connectivity index (χ3v) is 13.1. The Balaban J connectivity index is 1.11. The van der Waals surface area contributed by atoms with Crippen LogP contribution in [0.25, 0.3) is 103 Å². The summed E-state index contributed by atoms with van der Waals surface area (Å²) >= 11 is 1.86. The zero-order valence-electron chi connectivity index (χ0n) is 29.9. The first-order valence-corrected chi connectivity index (χ1v) is 19.5. The van der Waals surface area contributed by atoms with Gasteiger partial charge in [-0.3, -0.25) is 0 Å². The SMILES string of the molecule is CC1(C)c2ccccc2-c2cc(-c3ccc4c(c3)c3ccccc3n4-c3cc(-c4cccc5sc6ccccc6c45)c4c(c3)oc3ccccc34)ccc21. The quantitative estimate of drug-likeness (QED) is 0.179. The maximum absolute atomic E-state index is 6.70. The van der Waals surface area contributed by atoms with Crippen molar-refractivity contribution >= 4 is 75.3 Å². The van der Waals surface area contributed by atoms with E-state index in [4.69, 9.17) is 4.42 Å². The molecular formula is C51H33NOS. The molecule has 254 valence electrons. The van der Waals surface area contributed by atoms with Crippen molar-refractivity contribution in [2.75, 3.05) is 0 Å². The van der Waals surface area contributed by atoms with Crippen molar-refractivity contribution in [1.29, 1.82) is 0 Å². The van der Waals surface area contributed by atoms with Gasteiger partial charge in [-0.25, -0.2) is 0 Å². The van der Waals surface area contributed by atoms with Crippen LogP contribution in [0.3, 0.4) is 0 Å². The van der Waals surface area contributed by atoms with Crippen molar-refractivity contribution in [2.24, 2.45) is 0 Å². The van der Waals surface area contributed by atoms with Gasteiger partial charge in [0.25, 0.3) is 0 Å². The first-order chi connectivity index (χ1) is 26.5. The molecule has 1 aliphatic rings. The molecule has 0 radical (unpaired) electrons. The average molecular weight is 708 g/mol. The molecule has 0 spiro atoms. The molecular weight excluding hydrogens is 675 g/mol. The van der Waals surface area contributed by atoms with E-state index in [9.17, 15) is 0 Å². The Bertz CT molecular complexity index is 3370. The largest absolute Gasteiger partial charge is 0.456 e. The number of furan rings is 1. The smallest absolute Gasteiger partial charge is 0.138 e. The highest BCUT2D eigenvalue weighted by molar-refractivity contribution is 7.25. The lowest BCUT2D eigenvalue weighted by atomic mass is 9.82. The topological polar surface area (TPSA) is 18.1 Å². The molecule has 8 aromatic carbocycles. The zero-order chi connectivity index (χ0) is 35.7. The van der Waals surface area contributed by atoms with Gasteiger partial charge >= 0.3 is 0 Å². The molecule has 0 N–H and O–H groups in total. The van der Waals surface area contributed by atoms with Gasteiger partial charge in [0.15, 0.2) is 0 Å². The average Bonchev–Trinajstić information content (AvgIpc) is 3.94. The van der Waals surface area contributed by atoms with E-state index in [1.54, 1.807) is 0 Å². The van der Waals surface area contributed by atoms with Crippen LogP contribution in [-0.4, -0.2) is 4.57 Å². The van der Waals surface area contributed by atoms with Crippen molar-refractivity contribution in [2.45, 2.75) is 19.3 Å². The van der Waals surface area contributed by atoms with Gasteiger partial charge in [-0.1, -0.05) is 123 Å². The van der Waals surface area contributed by atoms with E-state index in [0.717, 1.165) is 27.6 Å². The molecule has 0 atom stereocenters. The van der Waals surface area contributed by atoms with E-state index in [0.29, 0.717) is 0 Å². The minimum atomic E-state index is -0.0102. The van der Waals surface area contributed by atoms with Crippen LogP contribution < -0.4 is 0 Å². The number of nitrogens with zero attached hydrogens (tertiary/aromatic N) is 1. The lowest BCUT2D eigenvalue weighted by molar-refractivity contribution is 0.660. The summed E-state index contributed by atoms with van der Waals surface area (Å²) in [6.45, 7) is 4.69. The van der Waals surface area contributed by atoms with Gasteiger partial charge < -0.3 is 8.98 Å². The van der Waals surface area contributed by atoms with E-state index in [1.807, 2.05) is 11.3 Å². The fourth-order valence-electron chi connectivity index (χ4n) is 9.51. The monoisotopic (exact) mass is 707 g/mol. The molecule has 2 nitrogen and oxygen atoms in total. The lowest BCUT2D eigenvalue weighted by Gasteiger charge is -2.21. The second-order valence-corrected chi connectivity index (χ2v) is 16.3. The van der Waals surface area contributed by atoms with E-state index < -0.39 is 0 Å². The maximum atomic E-state index is 6.70. The number of thiophene rings is 1. The Morgan fingerprint density at radius 3 is 2.06 bits per heavy atom. The van der Waals surface area contributed by atoms with E-state index in [-0.39, 0.29) is 5.41 Å². The summed E-state index contributed by atoms with van der Waals surface area (Å²) in [6, 6.07) is 60.4. The zero-order valence-corrected chi connectivity index (χ0v) is 30.7. The first-order valence-electron chi connectivity index (χ1n) is 18.7. The van der Waals surface area contributed by atoms with Crippen LogP contribution in [0.2, 0.25) is 0 Å². The normalized spacial score (nSPS) is 13.5. The molecule has 3 heterocycles. The predicted molar refractivity (Wildman–Crippen MR) is 229 cm³/mol. The van der Waals surface area contributed by atoms with E-state index >= 15 is 0 Å². The predicted octanol–water partition coefficient (Wildman–Crippen LogP) is 14.7. The van der Waals surface area contributed by atoms with Gasteiger partial charge in [-0.15, -0.1) is 11.3 Å². The maximum Gasteiger partial charge on any atom is 0.138 e. The number of rotatable bonds is 3. The Morgan fingerprint density at radius 2 is 1.13 bits per heavy atom. The minimum absolute atomic E-state index is 0.0102. The highest BCUT2D eigenvalue weighted by atomic mass is 32.1. The summed E-state index contributed by atoms with van der Waals surface area (Å²) in [5.41, 5.74) is 15.6. The molecule has 11 aromatic rings. The third kappa shape index (κ3) is 4.05. The third-order valence-electron chi connectivity index (χ3n) is 12.0. The second kappa shape index (κ2) is 10.8. The van der Waals surface area contributed by atoms with E-state index in [1.165, 1.54) is 86.5 Å². The number of fused-ring (bicyclic) bond motifs is 12. The van der Waals surface area contributed by atoms with Gasteiger partial charge in [0.1, 0.15) is 11.2 Å². The number of hydrogen-bond donors (Lipinski definition) is 0. The minimum Gasteiger partial charge on any atom is -0.456 e. The van der Waals surface area contributed by atoms with Crippen LogP contribution in [0.5, 0.6) is 0 Å². The molecule has 54 heavy (non-hydrogen) atoms. The van der Waals surface area contributed by atoms with Crippen molar-refractivity contribution < 1.29 is 4.42 Å². The van der Waals surface area contributed by atoms with Crippen LogP contribution in [0, 0.1) is 0 Å². The lowest BCUT2D eigenvalue weighted by Crippen LogP contribution is -2.14. The van der Waals surface area contributed by atoms with Crippen molar-refractivity contribution in [3.05, 3.63) is 175 Å². The van der Waals surface area contributed by atoms with Gasteiger partial charge in [0.05, 0.1) is 16.7 Å². The first kappa shape index (κ1) is 30.1. The molecule has 0 amide bonds. The molecule has 1 aliphatic carbocycles. The molecule has 0 bridgehead atoms. The summed E-state index contributed by atoms with van der Waals surface area (Å²) in [5, 5.41) is 7.36. The summed E-state index contributed by atoms with van der Waals surface area (Å²) in [4.78, 5) is 0. The van der Waals surface area contributed by atoms with Crippen LogP contribution in [0.15, 0.2) is 168 Å². The highest BCUT2D eigenvalue weighted by Crippen LogP contribution is 2.50. The fraction of sp³-hybridized carbons (Fsp3) is 0.0588. The van der Waals surface area contributed by atoms with Gasteiger partial charge in [-0.2, -0.15) is 0 Å². The molecule has 0 saturated carbocycles. The van der Waals surface area contributed by atoms with Crippen LogP contribution >= 0.6 is 11.3 Å². The van der Waals surface area contributed by atoms with Gasteiger partial charge in [-0.05, 0) is 93.0 Å². The van der Waals surface area contributed by atoms with Crippen LogP contribution in [0.4, 0.5) is 0 Å². The number of hydrogen-bond acceptors (Lipinski definition) is 2. The number of para-hydroxylation sites is 2. The van der Waals surface area contributed by atoms with Crippen LogP contribution in [0.1, 0.15) is 25.0 Å². The standard InChI is InChI=1S/C51H33NOS/c1-51(2)41-17-7-3-12-33(41)38-26-30(22-24-42(38)51)31-23-25-44-39(27-31)34-13-4-8-18-43(34)52(44)32-28-40(49-36-14-5-9-19-45(36)53-46(49)29-32)35-16-11-21-48-50(35)37-15-6-10-20-47(37)54-48/h3-29H,1-2H3. The second-order valence-electron chi connectivity index (χ2n) is 15.3. The van der Waals surface area contributed by atoms with Crippen LogP contribution in [-0.2, 0) is 5.41 Å². The summed E-state index contributed by atoms with van der Waals surface area (Å²) < 4.78 is 11.7. The summed E-state index contributed by atoms with van der Waals surface area (Å²) in [6.07, 6.45) is 0. The van der Waals surface area contributed by atoms with Crippen molar-refractivity contribution in [3.63, 3.8) is 0 Å². The summed E-state index contributed by atoms with van der Waals surface area (Å²) in [5.74, 6) is 0. The van der Waals surface area contributed by atoms with Gasteiger partial charge in [0, 0.05) is 53.2 Å². The van der Waals surface area contributed by atoms with E-state index in [2.05, 4.69) is 182 Å². The molecule has 0 saturated heterocycles. The Kier molecular flexibility index (Phi) is 6.03. The molecule has 3 aromatic heterocycles. The molecule has 0 unspecified atom stereocenters. The number of aromatic nitrogens is 1.